The summed E-state index contributed by atoms with van der Waals surface area (Å²) in [6.07, 6.45) is 1.83. The molecule has 13 heavy (non-hydrogen) atoms. The molecule has 0 spiro atoms. The van der Waals surface area contributed by atoms with Crippen molar-refractivity contribution in [2.45, 2.75) is 24.9 Å². The van der Waals surface area contributed by atoms with Crippen LogP contribution in [0.5, 0.6) is 0 Å². The number of amides is 1. The van der Waals surface area contributed by atoms with Gasteiger partial charge in [0, 0.05) is 12.1 Å². The van der Waals surface area contributed by atoms with E-state index in [0.29, 0.717) is 6.04 Å². The monoisotopic (exact) mass is 196 g/mol. The lowest BCUT2D eigenvalue weighted by Crippen LogP contribution is -2.50. The first kappa shape index (κ1) is 8.72. The fourth-order valence-electron chi connectivity index (χ4n) is 1.44. The van der Waals surface area contributed by atoms with Gasteiger partial charge < -0.3 is 11.1 Å². The molecule has 70 valence electrons. The van der Waals surface area contributed by atoms with E-state index in [0.717, 1.165) is 17.7 Å². The van der Waals surface area contributed by atoms with Crippen molar-refractivity contribution >= 4 is 17.2 Å². The summed E-state index contributed by atoms with van der Waals surface area (Å²) in [5.74, 6) is 0.0342. The highest BCUT2D eigenvalue weighted by Crippen LogP contribution is 2.18. The van der Waals surface area contributed by atoms with E-state index in [1.54, 1.807) is 0 Å². The van der Waals surface area contributed by atoms with Crippen LogP contribution in [-0.4, -0.2) is 18.0 Å². The standard InChI is InChI=1S/C9H12N2OS/c10-6-4-7(5-6)11-9(12)8-2-1-3-13-8/h1-3,6-7H,4-5,10H2,(H,11,12). The average molecular weight is 196 g/mol. The minimum absolute atomic E-state index is 0.0342. The van der Waals surface area contributed by atoms with E-state index in [2.05, 4.69) is 5.32 Å². The van der Waals surface area contributed by atoms with Gasteiger partial charge in [0.25, 0.3) is 5.91 Å². The van der Waals surface area contributed by atoms with E-state index >= 15 is 0 Å². The summed E-state index contributed by atoms with van der Waals surface area (Å²) < 4.78 is 0. The molecule has 0 atom stereocenters. The summed E-state index contributed by atoms with van der Waals surface area (Å²) in [6, 6.07) is 4.29. The Morgan fingerprint density at radius 3 is 2.92 bits per heavy atom. The van der Waals surface area contributed by atoms with Gasteiger partial charge in [-0.15, -0.1) is 11.3 Å². The SMILES string of the molecule is NC1CC(NC(=O)c2cccs2)C1. The molecule has 1 aromatic rings. The first-order valence-electron chi connectivity index (χ1n) is 4.35. The maximum atomic E-state index is 11.5. The van der Waals surface area contributed by atoms with Crippen molar-refractivity contribution in [2.75, 3.05) is 0 Å². The Bertz CT molecular complexity index is 291. The molecule has 1 aliphatic rings. The fourth-order valence-corrected chi connectivity index (χ4v) is 2.07. The number of thiophene rings is 1. The van der Waals surface area contributed by atoms with E-state index < -0.39 is 0 Å². The summed E-state index contributed by atoms with van der Waals surface area (Å²) in [6.45, 7) is 0. The van der Waals surface area contributed by atoms with Crippen LogP contribution in [-0.2, 0) is 0 Å². The third-order valence-electron chi connectivity index (χ3n) is 2.25. The van der Waals surface area contributed by atoms with Crippen molar-refractivity contribution in [3.8, 4) is 0 Å². The van der Waals surface area contributed by atoms with Crippen molar-refractivity contribution in [2.24, 2.45) is 5.73 Å². The molecule has 2 rings (SSSR count). The molecule has 1 fully saturated rings. The highest BCUT2D eigenvalue weighted by atomic mass is 32.1. The van der Waals surface area contributed by atoms with E-state index in [-0.39, 0.29) is 11.9 Å². The van der Waals surface area contributed by atoms with Crippen LogP contribution in [0.2, 0.25) is 0 Å². The van der Waals surface area contributed by atoms with Crippen molar-refractivity contribution in [3.63, 3.8) is 0 Å². The second-order valence-corrected chi connectivity index (χ2v) is 4.33. The molecule has 0 saturated heterocycles. The lowest BCUT2D eigenvalue weighted by Gasteiger charge is -2.32. The molecule has 1 amide bonds. The normalized spacial score (nSPS) is 26.5. The molecule has 4 heteroatoms. The molecule has 0 bridgehead atoms. The van der Waals surface area contributed by atoms with E-state index in [1.807, 2.05) is 17.5 Å². The van der Waals surface area contributed by atoms with Crippen LogP contribution >= 0.6 is 11.3 Å². The largest absolute Gasteiger partial charge is 0.348 e. The van der Waals surface area contributed by atoms with Gasteiger partial charge >= 0.3 is 0 Å². The average Bonchev–Trinajstić information content (AvgIpc) is 2.53. The Morgan fingerprint density at radius 2 is 2.38 bits per heavy atom. The van der Waals surface area contributed by atoms with Crippen LogP contribution in [0.3, 0.4) is 0 Å². The van der Waals surface area contributed by atoms with Crippen LogP contribution in [0, 0.1) is 0 Å². The smallest absolute Gasteiger partial charge is 0.261 e. The Balaban J connectivity index is 1.86. The van der Waals surface area contributed by atoms with Crippen LogP contribution in [0.1, 0.15) is 22.5 Å². The first-order valence-corrected chi connectivity index (χ1v) is 5.23. The number of nitrogens with one attached hydrogen (secondary N) is 1. The van der Waals surface area contributed by atoms with Gasteiger partial charge in [-0.3, -0.25) is 4.79 Å². The van der Waals surface area contributed by atoms with Gasteiger partial charge in [-0.2, -0.15) is 0 Å². The fraction of sp³-hybridized carbons (Fsp3) is 0.444. The zero-order chi connectivity index (χ0) is 9.26. The van der Waals surface area contributed by atoms with E-state index in [9.17, 15) is 4.79 Å². The highest BCUT2D eigenvalue weighted by Gasteiger charge is 2.27. The number of hydrogen-bond donors (Lipinski definition) is 2. The van der Waals surface area contributed by atoms with Crippen LogP contribution in [0.25, 0.3) is 0 Å². The minimum Gasteiger partial charge on any atom is -0.348 e. The van der Waals surface area contributed by atoms with Crippen molar-refractivity contribution < 1.29 is 4.79 Å². The van der Waals surface area contributed by atoms with Gasteiger partial charge in [0.2, 0.25) is 0 Å². The molecule has 1 saturated carbocycles. The lowest BCUT2D eigenvalue weighted by atomic mass is 9.87. The summed E-state index contributed by atoms with van der Waals surface area (Å²) >= 11 is 1.47. The summed E-state index contributed by atoms with van der Waals surface area (Å²) in [5, 5.41) is 4.84. The molecular weight excluding hydrogens is 184 g/mol. The van der Waals surface area contributed by atoms with Gasteiger partial charge in [0.05, 0.1) is 4.88 Å². The zero-order valence-electron chi connectivity index (χ0n) is 7.19. The number of nitrogens with two attached hydrogens (primary N) is 1. The Morgan fingerprint density at radius 1 is 1.62 bits per heavy atom. The summed E-state index contributed by atoms with van der Waals surface area (Å²) in [4.78, 5) is 12.3. The van der Waals surface area contributed by atoms with Gasteiger partial charge in [-0.25, -0.2) is 0 Å². The summed E-state index contributed by atoms with van der Waals surface area (Å²) in [5.41, 5.74) is 5.61. The molecular formula is C9H12N2OS. The van der Waals surface area contributed by atoms with E-state index in [1.165, 1.54) is 11.3 Å². The van der Waals surface area contributed by atoms with Gasteiger partial charge in [-0.1, -0.05) is 6.07 Å². The maximum absolute atomic E-state index is 11.5. The molecule has 3 N–H and O–H groups in total. The topological polar surface area (TPSA) is 55.1 Å². The first-order chi connectivity index (χ1) is 6.25. The van der Waals surface area contributed by atoms with Gasteiger partial charge in [-0.05, 0) is 24.3 Å². The van der Waals surface area contributed by atoms with E-state index in [4.69, 9.17) is 5.73 Å². The predicted octanol–water partition coefficient (Wildman–Crippen LogP) is 0.968. The quantitative estimate of drug-likeness (QED) is 0.740. The molecule has 1 aromatic heterocycles. The number of rotatable bonds is 2. The third-order valence-corrected chi connectivity index (χ3v) is 3.12. The van der Waals surface area contributed by atoms with Crippen molar-refractivity contribution in [1.29, 1.82) is 0 Å². The molecule has 3 nitrogen and oxygen atoms in total. The van der Waals surface area contributed by atoms with Gasteiger partial charge in [0.15, 0.2) is 0 Å². The van der Waals surface area contributed by atoms with Crippen LogP contribution in [0.15, 0.2) is 17.5 Å². The third kappa shape index (κ3) is 1.89. The Kier molecular flexibility index (Phi) is 2.33. The molecule has 1 heterocycles. The summed E-state index contributed by atoms with van der Waals surface area (Å²) in [7, 11) is 0. The zero-order valence-corrected chi connectivity index (χ0v) is 8.01. The second-order valence-electron chi connectivity index (χ2n) is 3.38. The van der Waals surface area contributed by atoms with Crippen LogP contribution < -0.4 is 11.1 Å². The van der Waals surface area contributed by atoms with Crippen molar-refractivity contribution in [1.82, 2.24) is 5.32 Å². The number of carbonyl (C=O) groups excluding carboxylic acids is 1. The second kappa shape index (κ2) is 3.47. The van der Waals surface area contributed by atoms with Crippen molar-refractivity contribution in [3.05, 3.63) is 22.4 Å². The minimum atomic E-state index is 0.0342. The molecule has 0 aromatic carbocycles. The highest BCUT2D eigenvalue weighted by molar-refractivity contribution is 7.12. The number of carbonyl (C=O) groups is 1. The predicted molar refractivity (Wildman–Crippen MR) is 52.8 cm³/mol. The molecule has 0 radical (unpaired) electrons. The lowest BCUT2D eigenvalue weighted by molar-refractivity contribution is 0.0914. The Hall–Kier alpha value is -0.870. The number of hydrogen-bond acceptors (Lipinski definition) is 3. The van der Waals surface area contributed by atoms with Crippen LogP contribution in [0.4, 0.5) is 0 Å². The maximum Gasteiger partial charge on any atom is 0.261 e. The molecule has 0 aliphatic heterocycles. The molecule has 1 aliphatic carbocycles. The van der Waals surface area contributed by atoms with Gasteiger partial charge in [0.1, 0.15) is 0 Å². The Labute approximate surface area is 80.9 Å². The molecule has 0 unspecified atom stereocenters.